The molecule has 0 bridgehead atoms. The Balaban J connectivity index is 1.57. The Morgan fingerprint density at radius 3 is 2.95 bits per heavy atom. The topological polar surface area (TPSA) is 42.4 Å². The minimum Gasteiger partial charge on any atom is -0.464 e. The Bertz CT molecular complexity index is 426. The van der Waals surface area contributed by atoms with E-state index in [9.17, 15) is 0 Å². The number of hydrogen-bond donors (Lipinski definition) is 1. The van der Waals surface area contributed by atoms with Gasteiger partial charge in [-0.3, -0.25) is 4.90 Å². The van der Waals surface area contributed by atoms with Gasteiger partial charge in [0.05, 0.1) is 6.54 Å². The summed E-state index contributed by atoms with van der Waals surface area (Å²) in [5, 5.41) is 0. The van der Waals surface area contributed by atoms with Crippen LogP contribution in [0.4, 0.5) is 0 Å². The molecule has 3 heteroatoms. The molecule has 2 heterocycles. The van der Waals surface area contributed by atoms with Crippen molar-refractivity contribution in [1.82, 2.24) is 4.90 Å². The summed E-state index contributed by atoms with van der Waals surface area (Å²) >= 11 is 0. The van der Waals surface area contributed by atoms with Crippen molar-refractivity contribution < 1.29 is 4.42 Å². The zero-order valence-corrected chi connectivity index (χ0v) is 12.1. The normalized spacial score (nSPS) is 33.3. The second kappa shape index (κ2) is 5.29. The number of hydrogen-bond acceptors (Lipinski definition) is 3. The third-order valence-electron chi connectivity index (χ3n) is 4.82. The highest BCUT2D eigenvalue weighted by Crippen LogP contribution is 2.47. The smallest absolute Gasteiger partial charge is 0.118 e. The first-order valence-electron chi connectivity index (χ1n) is 7.70. The van der Waals surface area contributed by atoms with Gasteiger partial charge in [0.1, 0.15) is 11.5 Å². The van der Waals surface area contributed by atoms with E-state index in [2.05, 4.69) is 30.9 Å². The highest BCUT2D eigenvalue weighted by atomic mass is 16.3. The maximum atomic E-state index is 6.04. The van der Waals surface area contributed by atoms with Gasteiger partial charge in [-0.15, -0.1) is 0 Å². The number of furan rings is 1. The van der Waals surface area contributed by atoms with Crippen LogP contribution >= 0.6 is 0 Å². The van der Waals surface area contributed by atoms with Crippen LogP contribution in [0.15, 0.2) is 16.5 Å². The molecule has 0 spiro atoms. The van der Waals surface area contributed by atoms with Gasteiger partial charge in [-0.2, -0.15) is 0 Å². The van der Waals surface area contributed by atoms with E-state index in [4.69, 9.17) is 10.2 Å². The van der Waals surface area contributed by atoms with E-state index in [0.29, 0.717) is 17.9 Å². The number of likely N-dealkylation sites (tertiary alicyclic amines) is 1. The summed E-state index contributed by atoms with van der Waals surface area (Å²) in [6, 6.07) is 4.65. The van der Waals surface area contributed by atoms with Crippen molar-refractivity contribution in [2.45, 2.75) is 51.6 Å². The fourth-order valence-corrected chi connectivity index (χ4v) is 3.28. The molecule has 1 aromatic rings. The van der Waals surface area contributed by atoms with E-state index < -0.39 is 0 Å². The molecular formula is C16H26N2O. The molecule has 4 atom stereocenters. The maximum absolute atomic E-state index is 6.04. The molecule has 1 saturated carbocycles. The maximum Gasteiger partial charge on any atom is 0.118 e. The summed E-state index contributed by atoms with van der Waals surface area (Å²) in [5.41, 5.74) is 6.04. The molecule has 0 aromatic carbocycles. The highest BCUT2D eigenvalue weighted by Gasteiger charge is 2.36. The predicted molar refractivity (Wildman–Crippen MR) is 76.9 cm³/mol. The first-order chi connectivity index (χ1) is 9.13. The van der Waals surface area contributed by atoms with Gasteiger partial charge in [-0.25, -0.2) is 0 Å². The lowest BCUT2D eigenvalue weighted by Gasteiger charge is -2.34. The molecule has 3 rings (SSSR count). The van der Waals surface area contributed by atoms with Gasteiger partial charge in [-0.1, -0.05) is 6.92 Å². The number of piperidine rings is 1. The minimum absolute atomic E-state index is 0.308. The summed E-state index contributed by atoms with van der Waals surface area (Å²) in [5.74, 6) is 4.47. The van der Waals surface area contributed by atoms with Crippen LogP contribution in [-0.2, 0) is 6.54 Å². The van der Waals surface area contributed by atoms with Gasteiger partial charge in [-0.05, 0) is 56.7 Å². The first kappa shape index (κ1) is 13.2. The summed E-state index contributed by atoms with van der Waals surface area (Å²) in [7, 11) is 0. The number of nitrogens with zero attached hydrogens (tertiary/aromatic N) is 1. The van der Waals surface area contributed by atoms with Crippen molar-refractivity contribution in [3.8, 4) is 0 Å². The van der Waals surface area contributed by atoms with Crippen LogP contribution in [-0.4, -0.2) is 24.0 Å². The molecule has 1 aliphatic heterocycles. The molecule has 106 valence electrons. The lowest BCUT2D eigenvalue weighted by molar-refractivity contribution is 0.144. The molecule has 1 aliphatic carbocycles. The van der Waals surface area contributed by atoms with Crippen LogP contribution in [0, 0.1) is 11.8 Å². The summed E-state index contributed by atoms with van der Waals surface area (Å²) < 4.78 is 6.00. The van der Waals surface area contributed by atoms with Crippen LogP contribution < -0.4 is 5.73 Å². The van der Waals surface area contributed by atoms with Crippen LogP contribution in [0.5, 0.6) is 0 Å². The van der Waals surface area contributed by atoms with Gasteiger partial charge in [0.2, 0.25) is 0 Å². The fourth-order valence-electron chi connectivity index (χ4n) is 3.28. The summed E-state index contributed by atoms with van der Waals surface area (Å²) in [6.45, 7) is 7.68. The second-order valence-electron chi connectivity index (χ2n) is 6.62. The molecule has 0 radical (unpaired) electrons. The third-order valence-corrected chi connectivity index (χ3v) is 4.82. The highest BCUT2D eigenvalue weighted by molar-refractivity contribution is 5.17. The largest absolute Gasteiger partial charge is 0.464 e. The first-order valence-corrected chi connectivity index (χ1v) is 7.70. The molecule has 0 amide bonds. The van der Waals surface area contributed by atoms with Crippen molar-refractivity contribution >= 4 is 0 Å². The van der Waals surface area contributed by atoms with Gasteiger partial charge < -0.3 is 10.2 Å². The minimum atomic E-state index is 0.308. The van der Waals surface area contributed by atoms with E-state index in [1.54, 1.807) is 0 Å². The van der Waals surface area contributed by atoms with E-state index >= 15 is 0 Å². The molecule has 4 unspecified atom stereocenters. The molecule has 2 N–H and O–H groups in total. The van der Waals surface area contributed by atoms with Gasteiger partial charge in [0, 0.05) is 18.5 Å². The van der Waals surface area contributed by atoms with Crippen LogP contribution in [0.3, 0.4) is 0 Å². The van der Waals surface area contributed by atoms with E-state index in [1.807, 2.05) is 0 Å². The van der Waals surface area contributed by atoms with Crippen molar-refractivity contribution in [1.29, 1.82) is 0 Å². The Morgan fingerprint density at radius 1 is 1.47 bits per heavy atom. The Labute approximate surface area is 116 Å². The zero-order chi connectivity index (χ0) is 13.4. The zero-order valence-electron chi connectivity index (χ0n) is 12.1. The van der Waals surface area contributed by atoms with Gasteiger partial charge in [0.15, 0.2) is 0 Å². The van der Waals surface area contributed by atoms with Crippen molar-refractivity contribution in [2.24, 2.45) is 17.6 Å². The molecule has 1 saturated heterocycles. The third kappa shape index (κ3) is 3.03. The average molecular weight is 262 g/mol. The number of nitrogens with two attached hydrogens (primary N) is 1. The van der Waals surface area contributed by atoms with Crippen molar-refractivity contribution in [2.75, 3.05) is 13.1 Å². The van der Waals surface area contributed by atoms with E-state index in [-0.39, 0.29) is 0 Å². The Morgan fingerprint density at radius 2 is 2.26 bits per heavy atom. The molecule has 2 aliphatic rings. The Kier molecular flexibility index (Phi) is 3.68. The fraction of sp³-hybridized carbons (Fsp3) is 0.750. The summed E-state index contributed by atoms with van der Waals surface area (Å²) in [6.07, 6.45) is 3.83. The molecule has 1 aromatic heterocycles. The standard InChI is InChI=1S/C16H26N2O/c1-11-8-15(11)16-6-5-14(19-16)10-18-7-3-4-13(9-18)12(2)17/h5-6,11-13,15H,3-4,7-10,17H2,1-2H3. The lowest BCUT2D eigenvalue weighted by atomic mass is 9.92. The number of rotatable bonds is 4. The Hall–Kier alpha value is -0.800. The molecular weight excluding hydrogens is 236 g/mol. The van der Waals surface area contributed by atoms with Crippen LogP contribution in [0.25, 0.3) is 0 Å². The van der Waals surface area contributed by atoms with Crippen molar-refractivity contribution in [3.63, 3.8) is 0 Å². The van der Waals surface area contributed by atoms with Gasteiger partial charge >= 0.3 is 0 Å². The van der Waals surface area contributed by atoms with Gasteiger partial charge in [0.25, 0.3) is 0 Å². The van der Waals surface area contributed by atoms with E-state index in [1.165, 1.54) is 31.6 Å². The molecule has 19 heavy (non-hydrogen) atoms. The van der Waals surface area contributed by atoms with Crippen LogP contribution in [0.1, 0.15) is 50.5 Å². The van der Waals surface area contributed by atoms with Crippen molar-refractivity contribution in [3.05, 3.63) is 23.7 Å². The molecule has 3 nitrogen and oxygen atoms in total. The quantitative estimate of drug-likeness (QED) is 0.907. The second-order valence-corrected chi connectivity index (χ2v) is 6.62. The summed E-state index contributed by atoms with van der Waals surface area (Å²) in [4.78, 5) is 2.50. The average Bonchev–Trinajstić information content (AvgIpc) is 2.94. The van der Waals surface area contributed by atoms with Crippen LogP contribution in [0.2, 0.25) is 0 Å². The monoisotopic (exact) mass is 262 g/mol. The lowest BCUT2D eigenvalue weighted by Crippen LogP contribution is -2.41. The predicted octanol–water partition coefficient (Wildman–Crippen LogP) is 2.96. The SMILES string of the molecule is CC(N)C1CCCN(Cc2ccc(C3CC3C)o2)C1. The van der Waals surface area contributed by atoms with E-state index in [0.717, 1.165) is 24.8 Å². The molecule has 2 fully saturated rings.